The first kappa shape index (κ1) is 17.8. The monoisotopic (exact) mass is 358 g/mol. The van der Waals surface area contributed by atoms with Gasteiger partial charge in [-0.1, -0.05) is 12.1 Å². The molecule has 6 nitrogen and oxygen atoms in total. The number of phenolic OH excluding ortho intramolecular Hbond substituents is 1. The first-order valence-electron chi connectivity index (χ1n) is 8.48. The number of anilines is 1. The predicted molar refractivity (Wildman–Crippen MR) is 100 cm³/mol. The molecular formula is C19H23FN4O2. The number of halogens is 1. The van der Waals surface area contributed by atoms with E-state index >= 15 is 0 Å². The molecule has 0 radical (unpaired) electrons. The predicted octanol–water partition coefficient (Wildman–Crippen LogP) is 2.18. The summed E-state index contributed by atoms with van der Waals surface area (Å²) in [7, 11) is 1.51. The van der Waals surface area contributed by atoms with Gasteiger partial charge in [-0.05, 0) is 30.3 Å². The summed E-state index contributed by atoms with van der Waals surface area (Å²) >= 11 is 0. The minimum absolute atomic E-state index is 0.0904. The number of piperazine rings is 1. The second-order valence-electron chi connectivity index (χ2n) is 6.09. The lowest BCUT2D eigenvalue weighted by atomic mass is 10.2. The average Bonchev–Trinajstić information content (AvgIpc) is 2.68. The number of guanidine groups is 1. The van der Waals surface area contributed by atoms with Crippen LogP contribution >= 0.6 is 0 Å². The molecule has 0 unspecified atom stereocenters. The Hall–Kier alpha value is -2.96. The lowest BCUT2D eigenvalue weighted by Gasteiger charge is -2.36. The van der Waals surface area contributed by atoms with Gasteiger partial charge in [0, 0.05) is 37.4 Å². The molecule has 1 aliphatic rings. The van der Waals surface area contributed by atoms with Crippen LogP contribution in [0.5, 0.6) is 11.5 Å². The average molecular weight is 358 g/mol. The third-order valence-electron chi connectivity index (χ3n) is 4.51. The zero-order valence-electron chi connectivity index (χ0n) is 14.7. The van der Waals surface area contributed by atoms with Crippen LogP contribution in [0.3, 0.4) is 0 Å². The molecule has 0 spiro atoms. The summed E-state index contributed by atoms with van der Waals surface area (Å²) in [6.07, 6.45) is 0. The van der Waals surface area contributed by atoms with Crippen molar-refractivity contribution in [3.05, 3.63) is 53.8 Å². The van der Waals surface area contributed by atoms with Crippen molar-refractivity contribution in [2.24, 2.45) is 10.7 Å². The molecule has 2 aromatic carbocycles. The number of benzene rings is 2. The maximum atomic E-state index is 13.0. The van der Waals surface area contributed by atoms with Gasteiger partial charge in [0.15, 0.2) is 17.5 Å². The van der Waals surface area contributed by atoms with E-state index in [0.717, 1.165) is 31.9 Å². The molecule has 1 aliphatic heterocycles. The molecule has 0 aromatic heterocycles. The molecule has 1 fully saturated rings. The third kappa shape index (κ3) is 3.99. The molecule has 0 saturated carbocycles. The van der Waals surface area contributed by atoms with E-state index in [-0.39, 0.29) is 18.1 Å². The Kier molecular flexibility index (Phi) is 5.46. The van der Waals surface area contributed by atoms with Crippen LogP contribution in [0.15, 0.2) is 47.5 Å². The summed E-state index contributed by atoms with van der Waals surface area (Å²) in [5, 5.41) is 10.1. The Balaban J connectivity index is 1.59. The van der Waals surface area contributed by atoms with Crippen molar-refractivity contribution in [2.45, 2.75) is 6.54 Å². The number of aromatic hydroxyl groups is 1. The zero-order chi connectivity index (χ0) is 18.5. The number of hydrogen-bond acceptors (Lipinski definition) is 4. The molecule has 138 valence electrons. The van der Waals surface area contributed by atoms with Crippen LogP contribution in [-0.4, -0.2) is 49.3 Å². The van der Waals surface area contributed by atoms with E-state index in [1.54, 1.807) is 30.3 Å². The van der Waals surface area contributed by atoms with Gasteiger partial charge in [0.25, 0.3) is 0 Å². The third-order valence-corrected chi connectivity index (χ3v) is 4.51. The number of methoxy groups -OCH3 is 1. The van der Waals surface area contributed by atoms with E-state index in [4.69, 9.17) is 10.5 Å². The highest BCUT2D eigenvalue weighted by molar-refractivity contribution is 5.78. The van der Waals surface area contributed by atoms with Crippen molar-refractivity contribution in [2.75, 3.05) is 38.2 Å². The minimum atomic E-state index is -0.232. The first-order valence-corrected chi connectivity index (χ1v) is 8.48. The van der Waals surface area contributed by atoms with E-state index in [1.807, 2.05) is 4.90 Å². The van der Waals surface area contributed by atoms with Crippen molar-refractivity contribution in [3.8, 4) is 11.5 Å². The highest BCUT2D eigenvalue weighted by atomic mass is 19.1. The molecule has 0 atom stereocenters. The Labute approximate surface area is 152 Å². The molecule has 0 amide bonds. The van der Waals surface area contributed by atoms with Gasteiger partial charge in [0.1, 0.15) is 5.82 Å². The molecule has 7 heteroatoms. The van der Waals surface area contributed by atoms with Gasteiger partial charge in [0.2, 0.25) is 0 Å². The van der Waals surface area contributed by atoms with Gasteiger partial charge >= 0.3 is 0 Å². The quantitative estimate of drug-likeness (QED) is 0.647. The van der Waals surface area contributed by atoms with Crippen molar-refractivity contribution in [1.82, 2.24) is 4.90 Å². The fourth-order valence-electron chi connectivity index (χ4n) is 2.97. The number of aliphatic imine (C=N–C) groups is 1. The summed E-state index contributed by atoms with van der Waals surface area (Å²) in [6.45, 7) is 3.32. The Morgan fingerprint density at radius 3 is 2.50 bits per heavy atom. The molecule has 3 N–H and O–H groups in total. The topological polar surface area (TPSA) is 74.3 Å². The summed E-state index contributed by atoms with van der Waals surface area (Å²) < 4.78 is 18.1. The second kappa shape index (κ2) is 7.95. The van der Waals surface area contributed by atoms with Crippen molar-refractivity contribution < 1.29 is 14.2 Å². The summed E-state index contributed by atoms with van der Waals surface area (Å²) in [4.78, 5) is 8.60. The Morgan fingerprint density at radius 1 is 1.15 bits per heavy atom. The van der Waals surface area contributed by atoms with Crippen LogP contribution in [0.1, 0.15) is 5.56 Å². The molecule has 26 heavy (non-hydrogen) atoms. The number of rotatable bonds is 4. The standard InChI is InChI=1S/C19H23FN4O2/c1-26-17-4-2-3-14(18(17)25)13-22-19(21)24-11-9-23(10-12-24)16-7-5-15(20)6-8-16/h2-8,25H,9-13H2,1H3,(H2,21,22). The maximum absolute atomic E-state index is 13.0. The van der Waals surface area contributed by atoms with Crippen LogP contribution in [0.2, 0.25) is 0 Å². The minimum Gasteiger partial charge on any atom is -0.504 e. The van der Waals surface area contributed by atoms with Gasteiger partial charge < -0.3 is 25.4 Å². The fourth-order valence-corrected chi connectivity index (χ4v) is 2.97. The number of phenols is 1. The van der Waals surface area contributed by atoms with Crippen molar-refractivity contribution in [3.63, 3.8) is 0 Å². The van der Waals surface area contributed by atoms with E-state index in [9.17, 15) is 9.50 Å². The molecule has 0 aliphatic carbocycles. The molecular weight excluding hydrogens is 335 g/mol. The number of nitrogens with zero attached hydrogens (tertiary/aromatic N) is 3. The van der Waals surface area contributed by atoms with E-state index in [2.05, 4.69) is 9.89 Å². The Bertz CT molecular complexity index is 772. The van der Waals surface area contributed by atoms with Crippen LogP contribution in [0.4, 0.5) is 10.1 Å². The van der Waals surface area contributed by atoms with E-state index in [1.165, 1.54) is 19.2 Å². The number of para-hydroxylation sites is 1. The van der Waals surface area contributed by atoms with Gasteiger partial charge in [-0.15, -0.1) is 0 Å². The van der Waals surface area contributed by atoms with Gasteiger partial charge in [-0.25, -0.2) is 9.38 Å². The number of ether oxygens (including phenoxy) is 1. The first-order chi connectivity index (χ1) is 12.6. The molecule has 1 heterocycles. The number of nitrogens with two attached hydrogens (primary N) is 1. The normalized spacial score (nSPS) is 15.2. The second-order valence-corrected chi connectivity index (χ2v) is 6.09. The molecule has 0 bridgehead atoms. The highest BCUT2D eigenvalue weighted by Crippen LogP contribution is 2.29. The highest BCUT2D eigenvalue weighted by Gasteiger charge is 2.18. The van der Waals surface area contributed by atoms with E-state index < -0.39 is 0 Å². The summed E-state index contributed by atoms with van der Waals surface area (Å²) in [5.74, 6) is 0.729. The van der Waals surface area contributed by atoms with Crippen LogP contribution in [0.25, 0.3) is 0 Å². The molecule has 2 aromatic rings. The fraction of sp³-hybridized carbons (Fsp3) is 0.316. The van der Waals surface area contributed by atoms with Crippen LogP contribution < -0.4 is 15.4 Å². The van der Waals surface area contributed by atoms with Crippen molar-refractivity contribution >= 4 is 11.6 Å². The van der Waals surface area contributed by atoms with Gasteiger partial charge in [0.05, 0.1) is 13.7 Å². The summed E-state index contributed by atoms with van der Waals surface area (Å²) in [5.41, 5.74) is 7.78. The SMILES string of the molecule is COc1cccc(CN=C(N)N2CCN(c3ccc(F)cc3)CC2)c1O. The Morgan fingerprint density at radius 2 is 1.85 bits per heavy atom. The molecule has 3 rings (SSSR count). The van der Waals surface area contributed by atoms with Gasteiger partial charge in [-0.2, -0.15) is 0 Å². The number of hydrogen-bond donors (Lipinski definition) is 2. The smallest absolute Gasteiger partial charge is 0.191 e. The molecule has 1 saturated heterocycles. The lowest BCUT2D eigenvalue weighted by Crippen LogP contribution is -2.51. The van der Waals surface area contributed by atoms with Crippen LogP contribution in [-0.2, 0) is 6.54 Å². The van der Waals surface area contributed by atoms with Crippen LogP contribution in [0, 0.1) is 5.82 Å². The van der Waals surface area contributed by atoms with Gasteiger partial charge in [-0.3, -0.25) is 0 Å². The summed E-state index contributed by atoms with van der Waals surface area (Å²) in [6, 6.07) is 11.8. The largest absolute Gasteiger partial charge is 0.504 e. The zero-order valence-corrected chi connectivity index (χ0v) is 14.7. The lowest BCUT2D eigenvalue weighted by molar-refractivity contribution is 0.370. The van der Waals surface area contributed by atoms with E-state index in [0.29, 0.717) is 17.3 Å². The van der Waals surface area contributed by atoms with Crippen molar-refractivity contribution in [1.29, 1.82) is 0 Å². The maximum Gasteiger partial charge on any atom is 0.191 e.